The van der Waals surface area contributed by atoms with E-state index in [9.17, 15) is 9.50 Å². The van der Waals surface area contributed by atoms with Gasteiger partial charge in [-0.15, -0.1) is 0 Å². The molecule has 0 aliphatic rings. The maximum Gasteiger partial charge on any atom is 0.165 e. The van der Waals surface area contributed by atoms with Crippen molar-refractivity contribution in [2.45, 2.75) is 26.4 Å². The van der Waals surface area contributed by atoms with Gasteiger partial charge in [-0.2, -0.15) is 0 Å². The van der Waals surface area contributed by atoms with Crippen LogP contribution in [0.15, 0.2) is 48.5 Å². The highest BCUT2D eigenvalue weighted by Crippen LogP contribution is 2.24. The molecule has 0 aliphatic heterocycles. The third kappa shape index (κ3) is 4.34. The van der Waals surface area contributed by atoms with Gasteiger partial charge in [-0.25, -0.2) is 4.39 Å². The minimum absolute atomic E-state index is 0.137. The summed E-state index contributed by atoms with van der Waals surface area (Å²) in [5.74, 6) is 6.23. The summed E-state index contributed by atoms with van der Waals surface area (Å²) in [4.78, 5) is 0. The van der Waals surface area contributed by atoms with E-state index in [0.29, 0.717) is 5.75 Å². The van der Waals surface area contributed by atoms with E-state index in [1.54, 1.807) is 56.3 Å². The first-order chi connectivity index (χ1) is 10.4. The molecule has 2 rings (SSSR count). The van der Waals surface area contributed by atoms with Gasteiger partial charge in [0.15, 0.2) is 11.6 Å². The van der Waals surface area contributed by atoms with Crippen LogP contribution in [0.25, 0.3) is 0 Å². The molecular weight excluding hydrogens is 279 g/mol. The molecule has 2 aromatic carbocycles. The molecule has 3 heteroatoms. The number of ether oxygens (including phenoxy) is 1. The van der Waals surface area contributed by atoms with Crippen molar-refractivity contribution >= 4 is 0 Å². The van der Waals surface area contributed by atoms with Crippen molar-refractivity contribution in [1.82, 2.24) is 0 Å². The zero-order chi connectivity index (χ0) is 16.2. The van der Waals surface area contributed by atoms with Gasteiger partial charge in [-0.1, -0.05) is 24.0 Å². The Morgan fingerprint density at radius 2 is 1.73 bits per heavy atom. The van der Waals surface area contributed by atoms with Crippen molar-refractivity contribution in [1.29, 1.82) is 0 Å². The predicted octanol–water partition coefficient (Wildman–Crippen LogP) is 4.38. The van der Waals surface area contributed by atoms with Crippen molar-refractivity contribution < 1.29 is 14.2 Å². The molecule has 0 heterocycles. The van der Waals surface area contributed by atoms with Crippen molar-refractivity contribution in [2.75, 3.05) is 0 Å². The maximum absolute atomic E-state index is 13.5. The molecule has 1 N–H and O–H groups in total. The monoisotopic (exact) mass is 298 g/mol. The SMILES string of the molecule is CC(C#Cc1ccc(Oc2ccccc2F)cc1)C(C)(C)O. The van der Waals surface area contributed by atoms with E-state index >= 15 is 0 Å². The lowest BCUT2D eigenvalue weighted by molar-refractivity contribution is 0.0477. The van der Waals surface area contributed by atoms with E-state index < -0.39 is 11.4 Å². The van der Waals surface area contributed by atoms with Gasteiger partial charge in [0.2, 0.25) is 0 Å². The van der Waals surface area contributed by atoms with Gasteiger partial charge in [-0.3, -0.25) is 0 Å². The van der Waals surface area contributed by atoms with Gasteiger partial charge < -0.3 is 9.84 Å². The zero-order valence-corrected chi connectivity index (χ0v) is 12.9. The smallest absolute Gasteiger partial charge is 0.165 e. The van der Waals surface area contributed by atoms with E-state index in [1.165, 1.54) is 6.07 Å². The fourth-order valence-electron chi connectivity index (χ4n) is 1.63. The van der Waals surface area contributed by atoms with Gasteiger partial charge in [0, 0.05) is 11.5 Å². The summed E-state index contributed by atoms with van der Waals surface area (Å²) in [6, 6.07) is 13.4. The van der Waals surface area contributed by atoms with Crippen molar-refractivity contribution in [3.63, 3.8) is 0 Å². The fourth-order valence-corrected chi connectivity index (χ4v) is 1.63. The quantitative estimate of drug-likeness (QED) is 0.852. The molecule has 114 valence electrons. The molecule has 0 spiro atoms. The minimum Gasteiger partial charge on any atom is -0.454 e. The van der Waals surface area contributed by atoms with Crippen molar-refractivity contribution in [2.24, 2.45) is 5.92 Å². The van der Waals surface area contributed by atoms with Gasteiger partial charge in [-0.05, 0) is 57.2 Å². The average molecular weight is 298 g/mol. The molecule has 22 heavy (non-hydrogen) atoms. The highest BCUT2D eigenvalue weighted by Gasteiger charge is 2.19. The number of hydrogen-bond donors (Lipinski definition) is 1. The van der Waals surface area contributed by atoms with Crippen LogP contribution in [0.5, 0.6) is 11.5 Å². The van der Waals surface area contributed by atoms with Crippen molar-refractivity contribution in [3.8, 4) is 23.3 Å². The summed E-state index contributed by atoms with van der Waals surface area (Å²) in [7, 11) is 0. The Balaban J connectivity index is 2.08. The second kappa shape index (κ2) is 6.64. The van der Waals surface area contributed by atoms with Crippen LogP contribution in [-0.2, 0) is 0 Å². The maximum atomic E-state index is 13.5. The van der Waals surface area contributed by atoms with Crippen LogP contribution in [0.4, 0.5) is 4.39 Å². The second-order valence-electron chi connectivity index (χ2n) is 5.70. The lowest BCUT2D eigenvalue weighted by Crippen LogP contribution is -2.27. The predicted molar refractivity (Wildman–Crippen MR) is 85.3 cm³/mol. The van der Waals surface area contributed by atoms with Crippen LogP contribution in [0.3, 0.4) is 0 Å². The molecule has 0 saturated carbocycles. The number of para-hydroxylation sites is 1. The summed E-state index contributed by atoms with van der Waals surface area (Å²) in [6.45, 7) is 5.35. The summed E-state index contributed by atoms with van der Waals surface area (Å²) in [6.07, 6.45) is 0. The molecule has 1 unspecified atom stereocenters. The molecular formula is C19H19FO2. The number of benzene rings is 2. The van der Waals surface area contributed by atoms with E-state index in [4.69, 9.17) is 4.74 Å². The van der Waals surface area contributed by atoms with Crippen LogP contribution in [0.1, 0.15) is 26.3 Å². The summed E-state index contributed by atoms with van der Waals surface area (Å²) in [5, 5.41) is 9.84. The Morgan fingerprint density at radius 1 is 1.09 bits per heavy atom. The molecule has 2 aromatic rings. The number of aliphatic hydroxyl groups is 1. The van der Waals surface area contributed by atoms with Crippen LogP contribution in [-0.4, -0.2) is 10.7 Å². The Labute approximate surface area is 130 Å². The number of rotatable bonds is 3. The Bertz CT molecular complexity index is 688. The molecule has 0 radical (unpaired) electrons. The second-order valence-corrected chi connectivity index (χ2v) is 5.70. The zero-order valence-electron chi connectivity index (χ0n) is 12.9. The lowest BCUT2D eigenvalue weighted by Gasteiger charge is -2.20. The molecule has 1 atom stereocenters. The standard InChI is InChI=1S/C19H19FO2/c1-14(19(2,3)21)8-9-15-10-12-16(13-11-15)22-18-7-5-4-6-17(18)20/h4-7,10-14,21H,1-3H3. The highest BCUT2D eigenvalue weighted by molar-refractivity contribution is 5.40. The normalized spacial score (nSPS) is 12.2. The van der Waals surface area contributed by atoms with Gasteiger partial charge in [0.1, 0.15) is 5.75 Å². The van der Waals surface area contributed by atoms with Gasteiger partial charge in [0.25, 0.3) is 0 Å². The average Bonchev–Trinajstić information content (AvgIpc) is 2.47. The van der Waals surface area contributed by atoms with Crippen LogP contribution in [0.2, 0.25) is 0 Å². The van der Waals surface area contributed by atoms with Crippen molar-refractivity contribution in [3.05, 3.63) is 59.9 Å². The summed E-state index contributed by atoms with van der Waals surface area (Å²) in [5.41, 5.74) is -0.0158. The topological polar surface area (TPSA) is 29.5 Å². The number of halogens is 1. The molecule has 0 aromatic heterocycles. The molecule has 0 saturated heterocycles. The first kappa shape index (κ1) is 16.1. The third-order valence-electron chi connectivity index (χ3n) is 3.41. The summed E-state index contributed by atoms with van der Waals surface area (Å²) < 4.78 is 19.0. The summed E-state index contributed by atoms with van der Waals surface area (Å²) >= 11 is 0. The molecule has 0 fully saturated rings. The number of hydrogen-bond acceptors (Lipinski definition) is 2. The molecule has 0 aliphatic carbocycles. The Morgan fingerprint density at radius 3 is 2.32 bits per heavy atom. The van der Waals surface area contributed by atoms with E-state index in [1.807, 2.05) is 6.92 Å². The highest BCUT2D eigenvalue weighted by atomic mass is 19.1. The molecule has 0 bridgehead atoms. The van der Waals surface area contributed by atoms with E-state index in [0.717, 1.165) is 5.56 Å². The Hall–Kier alpha value is -2.31. The Kier molecular flexibility index (Phi) is 4.85. The third-order valence-corrected chi connectivity index (χ3v) is 3.41. The largest absolute Gasteiger partial charge is 0.454 e. The lowest BCUT2D eigenvalue weighted by atomic mass is 9.93. The first-order valence-corrected chi connectivity index (χ1v) is 7.12. The molecule has 2 nitrogen and oxygen atoms in total. The van der Waals surface area contributed by atoms with Gasteiger partial charge >= 0.3 is 0 Å². The van der Waals surface area contributed by atoms with Crippen LogP contribution >= 0.6 is 0 Å². The fraction of sp³-hybridized carbons (Fsp3) is 0.263. The first-order valence-electron chi connectivity index (χ1n) is 7.12. The minimum atomic E-state index is -0.832. The van der Waals surface area contributed by atoms with E-state index in [2.05, 4.69) is 11.8 Å². The van der Waals surface area contributed by atoms with Crippen LogP contribution in [0, 0.1) is 23.6 Å². The molecule has 0 amide bonds. The van der Waals surface area contributed by atoms with E-state index in [-0.39, 0.29) is 11.7 Å². The van der Waals surface area contributed by atoms with Crippen LogP contribution < -0.4 is 4.74 Å². The van der Waals surface area contributed by atoms with Gasteiger partial charge in [0.05, 0.1) is 5.60 Å².